The molecular formula is C22H23FN4O2. The normalized spacial score (nSPS) is 14.8. The van der Waals surface area contributed by atoms with Gasteiger partial charge in [0.15, 0.2) is 0 Å². The Hall–Kier alpha value is -3.35. The molecule has 2 heterocycles. The van der Waals surface area contributed by atoms with Crippen molar-refractivity contribution in [2.45, 2.75) is 18.9 Å². The lowest BCUT2D eigenvalue weighted by Gasteiger charge is -2.34. The van der Waals surface area contributed by atoms with E-state index >= 15 is 0 Å². The molecule has 7 heteroatoms. The minimum absolute atomic E-state index is 0.0801. The van der Waals surface area contributed by atoms with Gasteiger partial charge in [0.25, 0.3) is 5.56 Å². The number of nitrogens with zero attached hydrogens (tertiary/aromatic N) is 2. The Bertz CT molecular complexity index is 1090. The highest BCUT2D eigenvalue weighted by atomic mass is 19.1. The SMILES string of the molecule is Cn1c(=O)ccc2ccc(NC(=O)NC3CCN(c4ccc(F)cc4)CC3)cc21. The van der Waals surface area contributed by atoms with Crippen LogP contribution < -0.4 is 21.1 Å². The number of hydrogen-bond donors (Lipinski definition) is 2. The number of halogens is 1. The van der Waals surface area contributed by atoms with E-state index in [0.29, 0.717) is 5.69 Å². The summed E-state index contributed by atoms with van der Waals surface area (Å²) in [6.07, 6.45) is 1.63. The highest BCUT2D eigenvalue weighted by molar-refractivity contribution is 5.92. The van der Waals surface area contributed by atoms with Crippen LogP contribution in [-0.2, 0) is 7.05 Å². The molecule has 1 saturated heterocycles. The monoisotopic (exact) mass is 394 g/mol. The van der Waals surface area contributed by atoms with Crippen molar-refractivity contribution < 1.29 is 9.18 Å². The van der Waals surface area contributed by atoms with Gasteiger partial charge < -0.3 is 20.1 Å². The fourth-order valence-corrected chi connectivity index (χ4v) is 3.73. The van der Waals surface area contributed by atoms with Crippen molar-refractivity contribution in [2.75, 3.05) is 23.3 Å². The molecule has 0 saturated carbocycles. The number of nitrogens with one attached hydrogen (secondary N) is 2. The average Bonchev–Trinajstić information content (AvgIpc) is 2.72. The minimum atomic E-state index is -0.259. The fourth-order valence-electron chi connectivity index (χ4n) is 3.73. The Kier molecular flexibility index (Phi) is 5.20. The first-order valence-corrected chi connectivity index (χ1v) is 9.67. The van der Waals surface area contributed by atoms with E-state index in [9.17, 15) is 14.0 Å². The van der Waals surface area contributed by atoms with Crippen LogP contribution in [0, 0.1) is 5.82 Å². The van der Waals surface area contributed by atoms with E-state index in [-0.39, 0.29) is 23.4 Å². The predicted molar refractivity (Wildman–Crippen MR) is 113 cm³/mol. The largest absolute Gasteiger partial charge is 0.371 e. The summed E-state index contributed by atoms with van der Waals surface area (Å²) in [5, 5.41) is 6.81. The zero-order valence-electron chi connectivity index (χ0n) is 16.2. The highest BCUT2D eigenvalue weighted by Gasteiger charge is 2.21. The third-order valence-corrected chi connectivity index (χ3v) is 5.41. The van der Waals surface area contributed by atoms with Gasteiger partial charge in [-0.05, 0) is 60.7 Å². The number of carbonyl (C=O) groups is 1. The molecule has 0 radical (unpaired) electrons. The number of urea groups is 1. The summed E-state index contributed by atoms with van der Waals surface area (Å²) in [7, 11) is 1.71. The highest BCUT2D eigenvalue weighted by Crippen LogP contribution is 2.21. The minimum Gasteiger partial charge on any atom is -0.371 e. The molecule has 150 valence electrons. The number of hydrogen-bond acceptors (Lipinski definition) is 3. The molecule has 0 aliphatic carbocycles. The van der Waals surface area contributed by atoms with Gasteiger partial charge in [-0.1, -0.05) is 6.07 Å². The molecule has 4 rings (SSSR count). The van der Waals surface area contributed by atoms with Crippen molar-refractivity contribution in [3.8, 4) is 0 Å². The van der Waals surface area contributed by atoms with Gasteiger partial charge in [-0.2, -0.15) is 0 Å². The Labute approximate surface area is 167 Å². The number of piperidine rings is 1. The maximum absolute atomic E-state index is 13.1. The van der Waals surface area contributed by atoms with E-state index in [0.717, 1.165) is 42.5 Å². The number of benzene rings is 2. The summed E-state index contributed by atoms with van der Waals surface area (Å²) in [5.41, 5.74) is 2.31. The lowest BCUT2D eigenvalue weighted by Crippen LogP contribution is -2.46. The van der Waals surface area contributed by atoms with Crippen LogP contribution in [0.5, 0.6) is 0 Å². The standard InChI is InChI=1S/C22H23FN4O2/c1-26-20-14-18(6-2-15(20)3-9-21(26)28)25-22(29)24-17-10-12-27(13-11-17)19-7-4-16(23)5-8-19/h2-9,14,17H,10-13H2,1H3,(H2,24,25,29). The third-order valence-electron chi connectivity index (χ3n) is 5.41. The fraction of sp³-hybridized carbons (Fsp3) is 0.273. The maximum Gasteiger partial charge on any atom is 0.319 e. The number of aryl methyl sites for hydroxylation is 1. The number of carbonyl (C=O) groups excluding carboxylic acids is 1. The molecule has 1 aliphatic rings. The third kappa shape index (κ3) is 4.23. The Morgan fingerprint density at radius 3 is 2.45 bits per heavy atom. The second-order valence-corrected chi connectivity index (χ2v) is 7.34. The molecule has 0 bridgehead atoms. The number of fused-ring (bicyclic) bond motifs is 1. The topological polar surface area (TPSA) is 66.4 Å². The molecule has 2 N–H and O–H groups in total. The number of rotatable bonds is 3. The molecule has 2 amide bonds. The van der Waals surface area contributed by atoms with Crippen LogP contribution in [0.3, 0.4) is 0 Å². The van der Waals surface area contributed by atoms with E-state index < -0.39 is 0 Å². The van der Waals surface area contributed by atoms with Crippen molar-refractivity contribution in [3.63, 3.8) is 0 Å². The molecule has 1 fully saturated rings. The molecule has 29 heavy (non-hydrogen) atoms. The Morgan fingerprint density at radius 2 is 1.72 bits per heavy atom. The van der Waals surface area contributed by atoms with E-state index in [4.69, 9.17) is 0 Å². The van der Waals surface area contributed by atoms with Crippen molar-refractivity contribution >= 4 is 28.3 Å². The van der Waals surface area contributed by atoms with Gasteiger partial charge in [-0.15, -0.1) is 0 Å². The first kappa shape index (κ1) is 19.0. The second-order valence-electron chi connectivity index (χ2n) is 7.34. The predicted octanol–water partition coefficient (Wildman–Crippen LogP) is 3.47. The summed E-state index contributed by atoms with van der Waals surface area (Å²) in [4.78, 5) is 26.4. The van der Waals surface area contributed by atoms with Crippen LogP contribution in [0.1, 0.15) is 12.8 Å². The van der Waals surface area contributed by atoms with Gasteiger partial charge in [-0.25, -0.2) is 9.18 Å². The first-order valence-electron chi connectivity index (χ1n) is 9.67. The number of amides is 2. The van der Waals surface area contributed by atoms with Crippen LogP contribution >= 0.6 is 0 Å². The zero-order chi connectivity index (χ0) is 20.4. The molecule has 1 aromatic heterocycles. The van der Waals surface area contributed by atoms with Gasteiger partial charge in [-0.3, -0.25) is 4.79 Å². The number of aromatic nitrogens is 1. The molecule has 0 unspecified atom stereocenters. The van der Waals surface area contributed by atoms with E-state index in [2.05, 4.69) is 15.5 Å². The van der Waals surface area contributed by atoms with Crippen LogP contribution in [-0.4, -0.2) is 29.7 Å². The maximum atomic E-state index is 13.1. The van der Waals surface area contributed by atoms with E-state index in [1.54, 1.807) is 35.9 Å². The summed E-state index contributed by atoms with van der Waals surface area (Å²) in [5.74, 6) is -0.240. The van der Waals surface area contributed by atoms with Crippen LogP contribution in [0.25, 0.3) is 10.9 Å². The van der Waals surface area contributed by atoms with Crippen LogP contribution in [0.2, 0.25) is 0 Å². The van der Waals surface area contributed by atoms with Gasteiger partial charge in [0.1, 0.15) is 5.82 Å². The Balaban J connectivity index is 1.34. The summed E-state index contributed by atoms with van der Waals surface area (Å²) in [6.45, 7) is 1.60. The average molecular weight is 394 g/mol. The molecule has 0 spiro atoms. The molecule has 1 aliphatic heterocycles. The van der Waals surface area contributed by atoms with Gasteiger partial charge in [0.05, 0.1) is 5.52 Å². The van der Waals surface area contributed by atoms with Crippen molar-refractivity contribution in [1.82, 2.24) is 9.88 Å². The quantitative estimate of drug-likeness (QED) is 0.715. The van der Waals surface area contributed by atoms with Crippen molar-refractivity contribution in [2.24, 2.45) is 7.05 Å². The summed E-state index contributed by atoms with van der Waals surface area (Å²) < 4.78 is 14.6. The summed E-state index contributed by atoms with van der Waals surface area (Å²) in [6, 6.07) is 15.1. The molecule has 2 aromatic carbocycles. The smallest absolute Gasteiger partial charge is 0.319 e. The van der Waals surface area contributed by atoms with Crippen LogP contribution in [0.15, 0.2) is 59.4 Å². The number of anilines is 2. The van der Waals surface area contributed by atoms with Crippen LogP contribution in [0.4, 0.5) is 20.6 Å². The number of pyridine rings is 1. The molecule has 6 nitrogen and oxygen atoms in total. The van der Waals surface area contributed by atoms with Crippen molar-refractivity contribution in [1.29, 1.82) is 0 Å². The lowest BCUT2D eigenvalue weighted by atomic mass is 10.0. The van der Waals surface area contributed by atoms with Gasteiger partial charge >= 0.3 is 6.03 Å². The molecule has 3 aromatic rings. The lowest BCUT2D eigenvalue weighted by molar-refractivity contribution is 0.246. The Morgan fingerprint density at radius 1 is 1.03 bits per heavy atom. The van der Waals surface area contributed by atoms with Gasteiger partial charge in [0, 0.05) is 43.6 Å². The molecule has 0 atom stereocenters. The van der Waals surface area contributed by atoms with Crippen molar-refractivity contribution in [3.05, 3.63) is 70.8 Å². The van der Waals surface area contributed by atoms with E-state index in [1.165, 1.54) is 18.2 Å². The first-order chi connectivity index (χ1) is 14.0. The second kappa shape index (κ2) is 7.95. The van der Waals surface area contributed by atoms with E-state index in [1.807, 2.05) is 12.1 Å². The molecular weight excluding hydrogens is 371 g/mol. The zero-order valence-corrected chi connectivity index (χ0v) is 16.2. The summed E-state index contributed by atoms with van der Waals surface area (Å²) >= 11 is 0. The van der Waals surface area contributed by atoms with Gasteiger partial charge in [0.2, 0.25) is 0 Å².